The van der Waals surface area contributed by atoms with Crippen LogP contribution in [0.1, 0.15) is 28.8 Å². The highest BCUT2D eigenvalue weighted by molar-refractivity contribution is 6.35. The van der Waals surface area contributed by atoms with Crippen molar-refractivity contribution in [3.8, 4) is 0 Å². The maximum Gasteiger partial charge on any atom is 0.339 e. The van der Waals surface area contributed by atoms with E-state index in [0.29, 0.717) is 65.0 Å². The summed E-state index contributed by atoms with van der Waals surface area (Å²) in [7, 11) is 1.85. The number of morpholine rings is 1. The molecule has 1 aliphatic heterocycles. The summed E-state index contributed by atoms with van der Waals surface area (Å²) >= 11 is 6.53. The zero-order valence-electron chi connectivity index (χ0n) is 16.2. The van der Waals surface area contributed by atoms with E-state index in [1.807, 2.05) is 18.5 Å². The molecular weight excluding hydrogens is 382 g/mol. The fourth-order valence-corrected chi connectivity index (χ4v) is 3.89. The molecule has 28 heavy (non-hydrogen) atoms. The summed E-state index contributed by atoms with van der Waals surface area (Å²) in [5.41, 5.74) is 3.08. The van der Waals surface area contributed by atoms with Crippen LogP contribution in [0.25, 0.3) is 22.1 Å². The van der Waals surface area contributed by atoms with Crippen molar-refractivity contribution < 1.29 is 14.3 Å². The van der Waals surface area contributed by atoms with E-state index >= 15 is 0 Å². The lowest BCUT2D eigenvalue weighted by Crippen LogP contribution is -2.36. The van der Waals surface area contributed by atoms with Gasteiger partial charge in [-0.3, -0.25) is 4.90 Å². The van der Waals surface area contributed by atoms with Gasteiger partial charge in [0.25, 0.3) is 0 Å². The van der Waals surface area contributed by atoms with Crippen LogP contribution in [0, 0.1) is 6.92 Å². The van der Waals surface area contributed by atoms with Crippen molar-refractivity contribution in [2.45, 2.75) is 20.4 Å². The van der Waals surface area contributed by atoms with Crippen molar-refractivity contribution in [3.05, 3.63) is 28.3 Å². The highest BCUT2D eigenvalue weighted by atomic mass is 35.5. The van der Waals surface area contributed by atoms with Crippen LogP contribution in [-0.4, -0.2) is 63.3 Å². The molecule has 8 nitrogen and oxygen atoms in total. The molecule has 1 aliphatic rings. The van der Waals surface area contributed by atoms with Gasteiger partial charge < -0.3 is 14.0 Å². The number of pyridine rings is 1. The molecule has 1 saturated heterocycles. The zero-order valence-corrected chi connectivity index (χ0v) is 16.9. The van der Waals surface area contributed by atoms with E-state index in [4.69, 9.17) is 26.1 Å². The molecule has 9 heteroatoms. The Bertz CT molecular complexity index is 1060. The standard InChI is InChI=1S/C19H22ClN5O3/c1-4-28-19(26)12-9-11(2)21-18-14(12)15-16(24(18)3)17(20)23-13(22-15)10-25-5-7-27-8-6-25/h9H,4-8,10H2,1-3H3. The summed E-state index contributed by atoms with van der Waals surface area (Å²) in [6.45, 7) is 7.53. The number of hydrogen-bond donors (Lipinski definition) is 0. The van der Waals surface area contributed by atoms with Crippen LogP contribution in [0.5, 0.6) is 0 Å². The van der Waals surface area contributed by atoms with E-state index in [1.165, 1.54) is 0 Å². The summed E-state index contributed by atoms with van der Waals surface area (Å²) in [5, 5.41) is 0.996. The number of fused-ring (bicyclic) bond motifs is 3. The molecule has 0 aromatic carbocycles. The quantitative estimate of drug-likeness (QED) is 0.489. The number of hydrogen-bond acceptors (Lipinski definition) is 7. The van der Waals surface area contributed by atoms with Crippen molar-refractivity contribution in [2.24, 2.45) is 7.05 Å². The Labute approximate surface area is 167 Å². The van der Waals surface area contributed by atoms with Crippen LogP contribution < -0.4 is 0 Å². The van der Waals surface area contributed by atoms with Gasteiger partial charge in [-0.25, -0.2) is 19.7 Å². The van der Waals surface area contributed by atoms with Crippen LogP contribution in [0.4, 0.5) is 0 Å². The van der Waals surface area contributed by atoms with Gasteiger partial charge in [-0.2, -0.15) is 0 Å². The zero-order chi connectivity index (χ0) is 19.8. The maximum atomic E-state index is 12.6. The van der Waals surface area contributed by atoms with Gasteiger partial charge in [0.1, 0.15) is 22.5 Å². The minimum absolute atomic E-state index is 0.296. The van der Waals surface area contributed by atoms with Crippen LogP contribution in [0.15, 0.2) is 6.07 Å². The van der Waals surface area contributed by atoms with E-state index in [-0.39, 0.29) is 0 Å². The number of rotatable bonds is 4. The van der Waals surface area contributed by atoms with Crippen molar-refractivity contribution in [1.29, 1.82) is 0 Å². The van der Waals surface area contributed by atoms with E-state index in [9.17, 15) is 4.79 Å². The average Bonchev–Trinajstić information content (AvgIpc) is 2.94. The van der Waals surface area contributed by atoms with Crippen LogP contribution in [-0.2, 0) is 23.1 Å². The molecule has 0 radical (unpaired) electrons. The Morgan fingerprint density at radius 2 is 2.04 bits per heavy atom. The Kier molecular flexibility index (Phi) is 5.18. The van der Waals surface area contributed by atoms with Crippen molar-refractivity contribution in [1.82, 2.24) is 24.4 Å². The summed E-state index contributed by atoms with van der Waals surface area (Å²) in [5.74, 6) is 0.220. The van der Waals surface area contributed by atoms with Gasteiger partial charge in [-0.05, 0) is 19.9 Å². The molecule has 3 aromatic heterocycles. The lowest BCUT2D eigenvalue weighted by atomic mass is 10.1. The normalized spacial score (nSPS) is 15.4. The van der Waals surface area contributed by atoms with E-state index in [0.717, 1.165) is 18.8 Å². The van der Waals surface area contributed by atoms with Gasteiger partial charge in [0.15, 0.2) is 5.15 Å². The molecule has 0 bridgehead atoms. The number of carbonyl (C=O) groups is 1. The molecule has 4 rings (SSSR count). The first-order valence-corrected chi connectivity index (χ1v) is 9.66. The number of carbonyl (C=O) groups excluding carboxylic acids is 1. The topological polar surface area (TPSA) is 82.4 Å². The minimum atomic E-state index is -0.394. The van der Waals surface area contributed by atoms with Crippen LogP contribution in [0.2, 0.25) is 5.15 Å². The first kappa shape index (κ1) is 19.0. The summed E-state index contributed by atoms with van der Waals surface area (Å²) in [6.07, 6.45) is 0. The summed E-state index contributed by atoms with van der Waals surface area (Å²) in [4.78, 5) is 28.7. The Morgan fingerprint density at radius 1 is 1.29 bits per heavy atom. The maximum absolute atomic E-state index is 12.6. The molecule has 0 aliphatic carbocycles. The molecule has 4 heterocycles. The highest BCUT2D eigenvalue weighted by Crippen LogP contribution is 2.33. The van der Waals surface area contributed by atoms with Crippen LogP contribution >= 0.6 is 11.6 Å². The number of aryl methyl sites for hydroxylation is 2. The first-order valence-electron chi connectivity index (χ1n) is 9.29. The molecule has 1 fully saturated rings. The Hall–Kier alpha value is -2.29. The smallest absolute Gasteiger partial charge is 0.339 e. The number of esters is 1. The highest BCUT2D eigenvalue weighted by Gasteiger charge is 2.23. The van der Waals surface area contributed by atoms with Gasteiger partial charge in [-0.15, -0.1) is 0 Å². The molecule has 0 amide bonds. The Morgan fingerprint density at radius 3 is 2.75 bits per heavy atom. The number of nitrogens with zero attached hydrogens (tertiary/aromatic N) is 5. The summed E-state index contributed by atoms with van der Waals surface area (Å²) < 4.78 is 12.5. The molecule has 0 saturated carbocycles. The van der Waals surface area contributed by atoms with Gasteiger partial charge in [0, 0.05) is 25.8 Å². The third-order valence-corrected chi connectivity index (χ3v) is 5.13. The molecule has 0 N–H and O–H groups in total. The first-order chi connectivity index (χ1) is 13.5. The predicted molar refractivity (Wildman–Crippen MR) is 106 cm³/mol. The van der Waals surface area contributed by atoms with E-state index < -0.39 is 5.97 Å². The number of ether oxygens (including phenoxy) is 2. The molecule has 0 spiro atoms. The molecule has 148 valence electrons. The van der Waals surface area contributed by atoms with Crippen molar-refractivity contribution in [3.63, 3.8) is 0 Å². The van der Waals surface area contributed by atoms with Gasteiger partial charge in [-0.1, -0.05) is 11.6 Å². The molecule has 0 atom stereocenters. The van der Waals surface area contributed by atoms with Gasteiger partial charge in [0.05, 0.1) is 37.3 Å². The van der Waals surface area contributed by atoms with Crippen molar-refractivity contribution >= 4 is 39.6 Å². The predicted octanol–water partition coefficient (Wildman–Crippen LogP) is 2.49. The molecule has 0 unspecified atom stereocenters. The second-order valence-electron chi connectivity index (χ2n) is 6.81. The van der Waals surface area contributed by atoms with E-state index in [2.05, 4.69) is 14.9 Å². The second kappa shape index (κ2) is 7.62. The number of halogens is 1. The monoisotopic (exact) mass is 403 g/mol. The second-order valence-corrected chi connectivity index (χ2v) is 7.16. The fourth-order valence-electron chi connectivity index (χ4n) is 3.58. The SMILES string of the molecule is CCOC(=O)c1cc(C)nc2c1c1nc(CN3CCOCC3)nc(Cl)c1n2C. The minimum Gasteiger partial charge on any atom is -0.462 e. The van der Waals surface area contributed by atoms with Gasteiger partial charge in [0.2, 0.25) is 0 Å². The largest absolute Gasteiger partial charge is 0.462 e. The summed E-state index contributed by atoms with van der Waals surface area (Å²) in [6, 6.07) is 1.73. The Balaban J connectivity index is 1.91. The van der Waals surface area contributed by atoms with Gasteiger partial charge >= 0.3 is 5.97 Å². The average molecular weight is 404 g/mol. The van der Waals surface area contributed by atoms with E-state index in [1.54, 1.807) is 13.0 Å². The van der Waals surface area contributed by atoms with Crippen molar-refractivity contribution in [2.75, 3.05) is 32.9 Å². The van der Waals surface area contributed by atoms with Crippen LogP contribution in [0.3, 0.4) is 0 Å². The molecule has 3 aromatic rings. The third kappa shape index (κ3) is 3.32. The lowest BCUT2D eigenvalue weighted by Gasteiger charge is -2.25. The lowest BCUT2D eigenvalue weighted by molar-refractivity contribution is 0.0331. The molecular formula is C19H22ClN5O3. The fraction of sp³-hybridized carbons (Fsp3) is 0.474. The third-order valence-electron chi connectivity index (χ3n) is 4.87. The number of aromatic nitrogens is 4.